The number of aliphatic hydroxyl groups excluding tert-OH is 1. The zero-order valence-corrected chi connectivity index (χ0v) is 65.2. The van der Waals surface area contributed by atoms with E-state index in [1.807, 2.05) is 0 Å². The number of hydrogen-bond donors (Lipinski definition) is 3. The van der Waals surface area contributed by atoms with Gasteiger partial charge >= 0.3 is 39.5 Å². The van der Waals surface area contributed by atoms with Crippen molar-refractivity contribution in [1.82, 2.24) is 0 Å². The first-order valence-corrected chi connectivity index (χ1v) is 43.5. The van der Waals surface area contributed by atoms with Crippen molar-refractivity contribution in [2.75, 3.05) is 39.6 Å². The Balaban J connectivity index is 5.20. The zero-order valence-electron chi connectivity index (χ0n) is 63.4. The van der Waals surface area contributed by atoms with Crippen LogP contribution in [0.3, 0.4) is 0 Å². The molecule has 0 radical (unpaired) electrons. The summed E-state index contributed by atoms with van der Waals surface area (Å²) in [7, 11) is -9.91. The van der Waals surface area contributed by atoms with Crippen LogP contribution in [0.5, 0.6) is 0 Å². The second kappa shape index (κ2) is 69.8. The molecule has 0 rings (SSSR count). The fourth-order valence-corrected chi connectivity index (χ4v) is 13.6. The van der Waals surface area contributed by atoms with Crippen LogP contribution in [-0.2, 0) is 65.4 Å². The Morgan fingerprint density at radius 2 is 0.474 bits per heavy atom. The molecule has 0 fully saturated rings. The number of unbranched alkanes of at least 4 members (excludes halogenated alkanes) is 47. The van der Waals surface area contributed by atoms with E-state index in [0.29, 0.717) is 31.6 Å². The molecule has 0 saturated carbocycles. The minimum Gasteiger partial charge on any atom is -0.462 e. The lowest BCUT2D eigenvalue weighted by Gasteiger charge is -2.21. The Kier molecular flexibility index (Phi) is 68.4. The molecule has 0 aliphatic heterocycles. The average molecular weight is 1420 g/mol. The molecule has 0 heterocycles. The van der Waals surface area contributed by atoms with Crippen LogP contribution in [-0.4, -0.2) is 96.7 Å². The number of phosphoric ester groups is 2. The van der Waals surface area contributed by atoms with Gasteiger partial charge in [-0.2, -0.15) is 0 Å². The molecule has 0 amide bonds. The van der Waals surface area contributed by atoms with Gasteiger partial charge in [0.25, 0.3) is 0 Å². The highest BCUT2D eigenvalue weighted by Crippen LogP contribution is 2.45. The van der Waals surface area contributed by atoms with Gasteiger partial charge in [-0.15, -0.1) is 0 Å². The van der Waals surface area contributed by atoms with E-state index < -0.39 is 97.5 Å². The van der Waals surface area contributed by atoms with Gasteiger partial charge in [-0.1, -0.05) is 356 Å². The summed E-state index contributed by atoms with van der Waals surface area (Å²) in [5, 5.41) is 10.6. The first-order chi connectivity index (χ1) is 46.9. The van der Waals surface area contributed by atoms with Crippen molar-refractivity contribution in [2.24, 2.45) is 11.8 Å². The molecule has 2 unspecified atom stereocenters. The number of carbonyl (C=O) groups is 4. The molecule has 0 spiro atoms. The maximum absolute atomic E-state index is 13.1. The predicted octanol–water partition coefficient (Wildman–Crippen LogP) is 23.1. The van der Waals surface area contributed by atoms with Crippen LogP contribution in [0.15, 0.2) is 0 Å². The maximum atomic E-state index is 13.1. The first-order valence-electron chi connectivity index (χ1n) is 40.5. The molecule has 97 heavy (non-hydrogen) atoms. The molecular weight excluding hydrogens is 1270 g/mol. The van der Waals surface area contributed by atoms with Crippen LogP contribution in [0.25, 0.3) is 0 Å². The highest BCUT2D eigenvalue weighted by molar-refractivity contribution is 7.47. The van der Waals surface area contributed by atoms with E-state index in [0.717, 1.165) is 102 Å². The fourth-order valence-electron chi connectivity index (χ4n) is 12.0. The van der Waals surface area contributed by atoms with Gasteiger partial charge in [-0.05, 0) is 37.5 Å². The van der Waals surface area contributed by atoms with E-state index in [9.17, 15) is 43.2 Å². The lowest BCUT2D eigenvalue weighted by Crippen LogP contribution is -2.30. The molecule has 0 bridgehead atoms. The second-order valence-corrected chi connectivity index (χ2v) is 32.0. The van der Waals surface area contributed by atoms with Gasteiger partial charge in [-0.3, -0.25) is 37.3 Å². The van der Waals surface area contributed by atoms with E-state index in [2.05, 4.69) is 41.5 Å². The van der Waals surface area contributed by atoms with Crippen molar-refractivity contribution in [3.8, 4) is 0 Å². The molecule has 0 aromatic carbocycles. The molecule has 19 heteroatoms. The van der Waals surface area contributed by atoms with Crippen LogP contribution >= 0.6 is 15.6 Å². The van der Waals surface area contributed by atoms with Crippen LogP contribution in [0.4, 0.5) is 0 Å². The Morgan fingerprint density at radius 1 is 0.278 bits per heavy atom. The molecule has 0 aliphatic carbocycles. The number of esters is 4. The van der Waals surface area contributed by atoms with Gasteiger partial charge in [0, 0.05) is 25.7 Å². The summed E-state index contributed by atoms with van der Waals surface area (Å²) >= 11 is 0. The van der Waals surface area contributed by atoms with Gasteiger partial charge in [-0.25, -0.2) is 9.13 Å². The summed E-state index contributed by atoms with van der Waals surface area (Å²) in [5.74, 6) is -0.627. The Labute approximate surface area is 594 Å². The first kappa shape index (κ1) is 95.1. The zero-order chi connectivity index (χ0) is 71.4. The number of hydrogen-bond acceptors (Lipinski definition) is 15. The summed E-state index contributed by atoms with van der Waals surface area (Å²) in [6.45, 7) is 9.56. The molecule has 17 nitrogen and oxygen atoms in total. The molecule has 0 aromatic rings. The second-order valence-electron chi connectivity index (χ2n) is 29.1. The summed E-state index contributed by atoms with van der Waals surface area (Å²) in [6.07, 6.45) is 58.4. The number of rotatable bonds is 77. The van der Waals surface area contributed by atoms with E-state index in [1.165, 1.54) is 218 Å². The summed E-state index contributed by atoms with van der Waals surface area (Å²) in [6, 6.07) is 0. The number of aliphatic hydroxyl groups is 1. The molecule has 0 saturated heterocycles. The standard InChI is InChI=1S/C78H152O17P2/c1-7-9-11-13-15-17-19-20-21-22-23-24-25-26-27-28-34-38-44-51-57-63-78(83)94-73(66-88-75(80)60-54-48-42-36-33-30-29-32-35-40-46-52-58-70(3)4)68-92-96(84,85)90-64-72(79)65-91-97(86,87)93-69-74(67-89-76(81)61-55-49-45-39-41-47-53-59-71(5)6)95-77(82)62-56-50-43-37-31-18-16-14-12-10-8-2/h70-74,79H,7-69H2,1-6H3,(H,84,85)(H,86,87)/t72-,73-,74-/m1/s1. The van der Waals surface area contributed by atoms with Crippen molar-refractivity contribution >= 4 is 39.5 Å². The molecule has 576 valence electrons. The largest absolute Gasteiger partial charge is 0.472 e. The van der Waals surface area contributed by atoms with E-state index in [4.69, 9.17) is 37.0 Å². The van der Waals surface area contributed by atoms with Crippen molar-refractivity contribution in [3.63, 3.8) is 0 Å². The summed E-state index contributed by atoms with van der Waals surface area (Å²) in [4.78, 5) is 72.8. The van der Waals surface area contributed by atoms with Gasteiger partial charge < -0.3 is 33.8 Å². The summed E-state index contributed by atoms with van der Waals surface area (Å²) < 4.78 is 68.5. The lowest BCUT2D eigenvalue weighted by molar-refractivity contribution is -0.161. The lowest BCUT2D eigenvalue weighted by atomic mass is 10.0. The molecular formula is C78H152O17P2. The minimum atomic E-state index is -4.96. The number of phosphoric acid groups is 2. The Morgan fingerprint density at radius 3 is 0.701 bits per heavy atom. The molecule has 5 atom stereocenters. The SMILES string of the molecule is CCCCCCCCCCCCCCCCCCCCCCCC(=O)O[C@H](COC(=O)CCCCCCCCCCCCCCC(C)C)COP(=O)(O)OC[C@@H](O)COP(=O)(O)OC[C@@H](COC(=O)CCCCCCCCCC(C)C)OC(=O)CCCCCCCCCCCCC. The molecule has 0 aromatic heterocycles. The summed E-state index contributed by atoms with van der Waals surface area (Å²) in [5.41, 5.74) is 0. The molecule has 0 aliphatic rings. The van der Waals surface area contributed by atoms with Crippen molar-refractivity contribution in [1.29, 1.82) is 0 Å². The van der Waals surface area contributed by atoms with Crippen LogP contribution in [0.1, 0.15) is 408 Å². The van der Waals surface area contributed by atoms with Gasteiger partial charge in [0.15, 0.2) is 12.2 Å². The van der Waals surface area contributed by atoms with Crippen molar-refractivity contribution < 1.29 is 80.2 Å². The van der Waals surface area contributed by atoms with Crippen LogP contribution in [0, 0.1) is 11.8 Å². The van der Waals surface area contributed by atoms with E-state index >= 15 is 0 Å². The van der Waals surface area contributed by atoms with Crippen molar-refractivity contribution in [2.45, 2.75) is 426 Å². The average Bonchev–Trinajstić information content (AvgIpc) is 1.74. The smallest absolute Gasteiger partial charge is 0.462 e. The highest BCUT2D eigenvalue weighted by Gasteiger charge is 2.30. The van der Waals surface area contributed by atoms with Gasteiger partial charge in [0.05, 0.1) is 26.4 Å². The van der Waals surface area contributed by atoms with Crippen molar-refractivity contribution in [3.05, 3.63) is 0 Å². The van der Waals surface area contributed by atoms with Gasteiger partial charge in [0.1, 0.15) is 19.3 Å². The predicted molar refractivity (Wildman–Crippen MR) is 395 cm³/mol. The van der Waals surface area contributed by atoms with Crippen LogP contribution < -0.4 is 0 Å². The minimum absolute atomic E-state index is 0.106. The normalized spacial score (nSPS) is 14.0. The Hall–Kier alpha value is -1.94. The topological polar surface area (TPSA) is 237 Å². The maximum Gasteiger partial charge on any atom is 0.472 e. The van der Waals surface area contributed by atoms with Crippen LogP contribution in [0.2, 0.25) is 0 Å². The third-order valence-electron chi connectivity index (χ3n) is 18.2. The third-order valence-corrected chi connectivity index (χ3v) is 20.1. The number of ether oxygens (including phenoxy) is 4. The third kappa shape index (κ3) is 72.2. The van der Waals surface area contributed by atoms with E-state index in [-0.39, 0.29) is 25.7 Å². The fraction of sp³-hybridized carbons (Fsp3) is 0.949. The van der Waals surface area contributed by atoms with Gasteiger partial charge in [0.2, 0.25) is 0 Å². The highest BCUT2D eigenvalue weighted by atomic mass is 31.2. The van der Waals surface area contributed by atoms with E-state index in [1.54, 1.807) is 0 Å². The molecule has 3 N–H and O–H groups in total. The number of carbonyl (C=O) groups excluding carboxylic acids is 4. The quantitative estimate of drug-likeness (QED) is 0.0222. The monoisotopic (exact) mass is 1420 g/mol. The Bertz CT molecular complexity index is 1870.